The maximum Gasteiger partial charge on any atom is 0.0962 e. The molecule has 1 saturated carbocycles. The first kappa shape index (κ1) is 13.6. The van der Waals surface area contributed by atoms with Gasteiger partial charge < -0.3 is 5.32 Å². The Labute approximate surface area is 121 Å². The van der Waals surface area contributed by atoms with Gasteiger partial charge in [-0.2, -0.15) is 0 Å². The summed E-state index contributed by atoms with van der Waals surface area (Å²) in [4.78, 5) is 6.68. The van der Waals surface area contributed by atoms with Crippen molar-refractivity contribution < 1.29 is 0 Å². The van der Waals surface area contributed by atoms with Gasteiger partial charge in [0, 0.05) is 23.3 Å². The molecule has 1 aromatic rings. The van der Waals surface area contributed by atoms with E-state index in [1.165, 1.54) is 55.6 Å². The number of likely N-dealkylation sites (N-methyl/N-ethyl adjacent to an activating group) is 1. The lowest BCUT2D eigenvalue weighted by Crippen LogP contribution is -2.21. The molecule has 1 atom stereocenters. The molecule has 0 aliphatic heterocycles. The van der Waals surface area contributed by atoms with E-state index in [1.807, 2.05) is 11.3 Å². The Bertz CT molecular complexity index is 418. The van der Waals surface area contributed by atoms with Gasteiger partial charge in [0.05, 0.1) is 10.7 Å². The smallest absolute Gasteiger partial charge is 0.0962 e. The minimum atomic E-state index is 0.668. The summed E-state index contributed by atoms with van der Waals surface area (Å²) in [5.74, 6) is 2.37. The Morgan fingerprint density at radius 1 is 1.21 bits per heavy atom. The molecule has 2 nitrogen and oxygen atoms in total. The number of fused-ring (bicyclic) bond motifs is 1. The van der Waals surface area contributed by atoms with Crippen molar-refractivity contribution in [1.82, 2.24) is 10.3 Å². The topological polar surface area (TPSA) is 24.9 Å². The highest BCUT2D eigenvalue weighted by atomic mass is 32.1. The molecule has 106 valence electrons. The molecular formula is C16H26N2S. The van der Waals surface area contributed by atoms with E-state index in [0.29, 0.717) is 5.92 Å². The Balaban J connectivity index is 1.77. The molecule has 19 heavy (non-hydrogen) atoms. The third kappa shape index (κ3) is 2.87. The second-order valence-corrected chi connectivity index (χ2v) is 7.58. The average molecular weight is 278 g/mol. The number of aromatic nitrogens is 1. The molecule has 1 unspecified atom stereocenters. The van der Waals surface area contributed by atoms with Gasteiger partial charge in [-0.3, -0.25) is 0 Å². The summed E-state index contributed by atoms with van der Waals surface area (Å²) in [6.45, 7) is 3.49. The Hall–Kier alpha value is -0.410. The van der Waals surface area contributed by atoms with Gasteiger partial charge >= 0.3 is 0 Å². The highest BCUT2D eigenvalue weighted by Crippen LogP contribution is 2.41. The quantitative estimate of drug-likeness (QED) is 0.901. The summed E-state index contributed by atoms with van der Waals surface area (Å²) in [7, 11) is 2.06. The van der Waals surface area contributed by atoms with Crippen molar-refractivity contribution in [2.45, 2.75) is 63.7 Å². The van der Waals surface area contributed by atoms with Crippen LogP contribution in [0.5, 0.6) is 0 Å². The van der Waals surface area contributed by atoms with Crippen LogP contribution < -0.4 is 5.32 Å². The standard InChI is InChI=1S/C16H26N2S/c1-11-6-8-12(9-7-11)16-18-15-13(10-17-2)4-3-5-14(15)19-16/h11-13,17H,3-10H2,1-2H3. The second kappa shape index (κ2) is 5.92. The van der Waals surface area contributed by atoms with E-state index in [9.17, 15) is 0 Å². The largest absolute Gasteiger partial charge is 0.319 e. The molecule has 2 aliphatic carbocycles. The van der Waals surface area contributed by atoms with Crippen molar-refractivity contribution >= 4 is 11.3 Å². The lowest BCUT2D eigenvalue weighted by molar-refractivity contribution is 0.347. The van der Waals surface area contributed by atoms with Gasteiger partial charge in [-0.05, 0) is 45.1 Å². The van der Waals surface area contributed by atoms with E-state index in [2.05, 4.69) is 19.3 Å². The Kier molecular flexibility index (Phi) is 4.23. The van der Waals surface area contributed by atoms with Crippen LogP contribution in [0.4, 0.5) is 0 Å². The Morgan fingerprint density at radius 2 is 2.00 bits per heavy atom. The highest BCUT2D eigenvalue weighted by molar-refractivity contribution is 7.11. The van der Waals surface area contributed by atoms with Crippen LogP contribution in [0.2, 0.25) is 0 Å². The van der Waals surface area contributed by atoms with Crippen molar-refractivity contribution in [2.24, 2.45) is 5.92 Å². The number of nitrogens with one attached hydrogen (secondary N) is 1. The third-order valence-corrected chi connectivity index (χ3v) is 6.20. The minimum Gasteiger partial charge on any atom is -0.319 e. The van der Waals surface area contributed by atoms with E-state index in [0.717, 1.165) is 18.4 Å². The van der Waals surface area contributed by atoms with Gasteiger partial charge in [0.2, 0.25) is 0 Å². The fraction of sp³-hybridized carbons (Fsp3) is 0.812. The van der Waals surface area contributed by atoms with Gasteiger partial charge in [0.25, 0.3) is 0 Å². The molecule has 1 fully saturated rings. The van der Waals surface area contributed by atoms with Crippen LogP contribution in [-0.2, 0) is 6.42 Å². The molecule has 0 amide bonds. The molecule has 0 saturated heterocycles. The number of hydrogen-bond acceptors (Lipinski definition) is 3. The van der Waals surface area contributed by atoms with Crippen LogP contribution in [0.3, 0.4) is 0 Å². The normalized spacial score (nSPS) is 31.2. The molecule has 3 heteroatoms. The highest BCUT2D eigenvalue weighted by Gasteiger charge is 2.28. The van der Waals surface area contributed by atoms with E-state index in [1.54, 1.807) is 4.88 Å². The molecular weight excluding hydrogens is 252 g/mol. The second-order valence-electron chi connectivity index (χ2n) is 6.46. The van der Waals surface area contributed by atoms with Gasteiger partial charge in [-0.15, -0.1) is 11.3 Å². The first-order chi connectivity index (χ1) is 9.28. The van der Waals surface area contributed by atoms with Crippen LogP contribution in [0, 0.1) is 5.92 Å². The molecule has 1 N–H and O–H groups in total. The van der Waals surface area contributed by atoms with E-state index in [4.69, 9.17) is 4.98 Å². The number of hydrogen-bond donors (Lipinski definition) is 1. The number of aryl methyl sites for hydroxylation is 1. The summed E-state index contributed by atoms with van der Waals surface area (Å²) in [6, 6.07) is 0. The molecule has 0 radical (unpaired) electrons. The summed E-state index contributed by atoms with van der Waals surface area (Å²) >= 11 is 2.03. The predicted octanol–water partition coefficient (Wildman–Crippen LogP) is 4.08. The van der Waals surface area contributed by atoms with E-state index < -0.39 is 0 Å². The van der Waals surface area contributed by atoms with Crippen LogP contribution in [0.1, 0.15) is 72.9 Å². The van der Waals surface area contributed by atoms with Crippen LogP contribution in [0.15, 0.2) is 0 Å². The van der Waals surface area contributed by atoms with Crippen molar-refractivity contribution in [1.29, 1.82) is 0 Å². The molecule has 2 aliphatic rings. The SMILES string of the molecule is CNCC1CCCc2sc(C3CCC(C)CC3)nc21. The molecule has 1 aromatic heterocycles. The van der Waals surface area contributed by atoms with E-state index >= 15 is 0 Å². The van der Waals surface area contributed by atoms with E-state index in [-0.39, 0.29) is 0 Å². The Morgan fingerprint density at radius 3 is 2.74 bits per heavy atom. The maximum absolute atomic E-state index is 5.08. The zero-order valence-electron chi connectivity index (χ0n) is 12.2. The lowest BCUT2D eigenvalue weighted by atomic mass is 9.83. The van der Waals surface area contributed by atoms with Crippen LogP contribution in [-0.4, -0.2) is 18.6 Å². The molecule has 3 rings (SSSR count). The van der Waals surface area contributed by atoms with Gasteiger partial charge in [-0.1, -0.05) is 19.8 Å². The van der Waals surface area contributed by atoms with Crippen molar-refractivity contribution in [2.75, 3.05) is 13.6 Å². The molecule has 0 aromatic carbocycles. The van der Waals surface area contributed by atoms with Crippen molar-refractivity contribution in [3.63, 3.8) is 0 Å². The van der Waals surface area contributed by atoms with Gasteiger partial charge in [0.15, 0.2) is 0 Å². The first-order valence-corrected chi connectivity index (χ1v) is 8.73. The average Bonchev–Trinajstić information content (AvgIpc) is 2.85. The zero-order chi connectivity index (χ0) is 13.2. The fourth-order valence-corrected chi connectivity index (χ4v) is 5.02. The van der Waals surface area contributed by atoms with Crippen LogP contribution >= 0.6 is 11.3 Å². The lowest BCUT2D eigenvalue weighted by Gasteiger charge is -2.24. The summed E-state index contributed by atoms with van der Waals surface area (Å²) < 4.78 is 0. The summed E-state index contributed by atoms with van der Waals surface area (Å²) in [5.41, 5.74) is 1.44. The third-order valence-electron chi connectivity index (χ3n) is 4.90. The number of thiazole rings is 1. The van der Waals surface area contributed by atoms with Crippen molar-refractivity contribution in [3.05, 3.63) is 15.6 Å². The van der Waals surface area contributed by atoms with Gasteiger partial charge in [-0.25, -0.2) is 4.98 Å². The molecule has 0 spiro atoms. The maximum atomic E-state index is 5.08. The summed E-state index contributed by atoms with van der Waals surface area (Å²) in [6.07, 6.45) is 9.47. The summed E-state index contributed by atoms with van der Waals surface area (Å²) in [5, 5.41) is 4.80. The zero-order valence-corrected chi connectivity index (χ0v) is 13.1. The molecule has 1 heterocycles. The minimum absolute atomic E-state index is 0.668. The monoisotopic (exact) mass is 278 g/mol. The molecule has 0 bridgehead atoms. The van der Waals surface area contributed by atoms with Crippen molar-refractivity contribution in [3.8, 4) is 0 Å². The number of rotatable bonds is 3. The first-order valence-electron chi connectivity index (χ1n) is 7.92. The fourth-order valence-electron chi connectivity index (χ4n) is 3.65. The number of nitrogens with zero attached hydrogens (tertiary/aromatic N) is 1. The van der Waals surface area contributed by atoms with Gasteiger partial charge in [0.1, 0.15) is 0 Å². The predicted molar refractivity (Wildman–Crippen MR) is 82.1 cm³/mol. The van der Waals surface area contributed by atoms with Crippen LogP contribution in [0.25, 0.3) is 0 Å².